The minimum Gasteiger partial charge on any atom is -0.382 e. The number of fused-ring (bicyclic) bond motifs is 1. The van der Waals surface area contributed by atoms with Crippen LogP contribution in [0, 0.1) is 0 Å². The van der Waals surface area contributed by atoms with Crippen molar-refractivity contribution in [1.29, 1.82) is 0 Å². The molecular weight excluding hydrogens is 378 g/mol. The summed E-state index contributed by atoms with van der Waals surface area (Å²) in [6.45, 7) is 1.22. The maximum Gasteiger partial charge on any atom is 0.264 e. The fourth-order valence-electron chi connectivity index (χ4n) is 3.19. The van der Waals surface area contributed by atoms with E-state index in [9.17, 15) is 4.79 Å². The number of aryl methyl sites for hydroxylation is 1. The molecule has 0 saturated carbocycles. The van der Waals surface area contributed by atoms with Gasteiger partial charge in [0.2, 0.25) is 6.10 Å². The lowest BCUT2D eigenvalue weighted by Gasteiger charge is -2.09. The molecule has 8 heteroatoms. The highest BCUT2D eigenvalue weighted by Gasteiger charge is 2.27. The predicted molar refractivity (Wildman–Crippen MR) is 107 cm³/mol. The number of nitrogens with zero attached hydrogens (tertiary/aromatic N) is 4. The van der Waals surface area contributed by atoms with Crippen molar-refractivity contribution < 1.29 is 9.63 Å². The molecule has 0 fully saturated rings. The Bertz CT molecular complexity index is 1020. The fraction of sp³-hybridized carbons (Fsp3) is 0.300. The first-order valence-electron chi connectivity index (χ1n) is 9.21. The average molecular weight is 398 g/mol. The Morgan fingerprint density at radius 1 is 1.25 bits per heavy atom. The van der Waals surface area contributed by atoms with E-state index in [4.69, 9.17) is 16.4 Å². The lowest BCUT2D eigenvalue weighted by Crippen LogP contribution is -2.35. The van der Waals surface area contributed by atoms with Gasteiger partial charge in [-0.25, -0.2) is 4.68 Å². The van der Waals surface area contributed by atoms with Crippen LogP contribution in [-0.2, 0) is 22.6 Å². The molecule has 0 aliphatic carbocycles. The summed E-state index contributed by atoms with van der Waals surface area (Å²) in [5.41, 5.74) is 3.76. The summed E-state index contributed by atoms with van der Waals surface area (Å²) in [5.74, 6) is -0.145. The Morgan fingerprint density at radius 3 is 3.04 bits per heavy atom. The van der Waals surface area contributed by atoms with Gasteiger partial charge in [-0.15, -0.1) is 5.10 Å². The van der Waals surface area contributed by atoms with E-state index in [1.807, 2.05) is 53.2 Å². The molecule has 1 N–H and O–H groups in total. The van der Waals surface area contributed by atoms with Crippen LogP contribution < -0.4 is 5.32 Å². The van der Waals surface area contributed by atoms with Gasteiger partial charge in [0.25, 0.3) is 5.91 Å². The number of hydrogen-bond donors (Lipinski definition) is 1. The number of oxime groups is 1. The Balaban J connectivity index is 1.21. The minimum atomic E-state index is -0.568. The maximum absolute atomic E-state index is 12.3. The Labute approximate surface area is 167 Å². The van der Waals surface area contributed by atoms with Crippen LogP contribution in [-0.4, -0.2) is 39.3 Å². The van der Waals surface area contributed by atoms with E-state index in [0.717, 1.165) is 28.7 Å². The standard InChI is InChI=1S/C20H20ClN5O2/c21-15-6-3-5-14(11-15)12-16-13-19(28-24-16)20(27)22-9-4-10-26-18-8-2-1-7-17(18)23-25-26/h1-3,5-8,11,19H,4,9-10,12-13H2,(H,22,27)/t19-/m1/s1. The van der Waals surface area contributed by atoms with Gasteiger partial charge in [0.05, 0.1) is 11.2 Å². The van der Waals surface area contributed by atoms with Gasteiger partial charge >= 0.3 is 0 Å². The van der Waals surface area contributed by atoms with Crippen LogP contribution in [0.25, 0.3) is 11.0 Å². The van der Waals surface area contributed by atoms with Crippen molar-refractivity contribution in [3.8, 4) is 0 Å². The third-order valence-corrected chi connectivity index (χ3v) is 4.82. The van der Waals surface area contributed by atoms with Crippen LogP contribution in [0.1, 0.15) is 18.4 Å². The molecule has 3 aromatic rings. The van der Waals surface area contributed by atoms with Crippen molar-refractivity contribution in [1.82, 2.24) is 20.3 Å². The molecule has 2 aromatic carbocycles. The molecule has 4 rings (SSSR count). The van der Waals surface area contributed by atoms with Crippen molar-refractivity contribution >= 4 is 34.3 Å². The number of para-hydroxylation sites is 1. The second kappa shape index (κ2) is 8.39. The third kappa shape index (κ3) is 4.31. The average Bonchev–Trinajstić information content (AvgIpc) is 3.32. The van der Waals surface area contributed by atoms with E-state index in [1.165, 1.54) is 0 Å². The SMILES string of the molecule is O=C(NCCCn1nnc2ccccc21)[C@H]1CC(Cc2cccc(Cl)c2)=NO1. The summed E-state index contributed by atoms with van der Waals surface area (Å²) in [4.78, 5) is 17.6. The Hall–Kier alpha value is -2.93. The summed E-state index contributed by atoms with van der Waals surface area (Å²) < 4.78 is 1.85. The summed E-state index contributed by atoms with van der Waals surface area (Å²) in [6, 6.07) is 15.4. The van der Waals surface area contributed by atoms with Crippen LogP contribution in [0.15, 0.2) is 53.7 Å². The molecule has 2 heterocycles. The normalized spacial score (nSPS) is 16.0. The molecule has 144 valence electrons. The molecule has 7 nitrogen and oxygen atoms in total. The van der Waals surface area contributed by atoms with E-state index in [0.29, 0.717) is 31.0 Å². The zero-order valence-electron chi connectivity index (χ0n) is 15.2. The summed E-state index contributed by atoms with van der Waals surface area (Å²) in [7, 11) is 0. The minimum absolute atomic E-state index is 0.145. The highest BCUT2D eigenvalue weighted by Crippen LogP contribution is 2.17. The maximum atomic E-state index is 12.3. The molecule has 1 amide bonds. The van der Waals surface area contributed by atoms with Gasteiger partial charge in [0.1, 0.15) is 5.52 Å². The van der Waals surface area contributed by atoms with Crippen molar-refractivity contribution in [3.05, 3.63) is 59.1 Å². The predicted octanol–water partition coefficient (Wildman–Crippen LogP) is 2.98. The van der Waals surface area contributed by atoms with E-state index < -0.39 is 6.10 Å². The van der Waals surface area contributed by atoms with Crippen molar-refractivity contribution in [3.63, 3.8) is 0 Å². The smallest absolute Gasteiger partial charge is 0.264 e. The number of halogens is 1. The van der Waals surface area contributed by atoms with Crippen LogP contribution in [0.2, 0.25) is 5.02 Å². The quantitative estimate of drug-likeness (QED) is 0.621. The van der Waals surface area contributed by atoms with E-state index in [1.54, 1.807) is 0 Å². The van der Waals surface area contributed by atoms with E-state index in [-0.39, 0.29) is 5.91 Å². The lowest BCUT2D eigenvalue weighted by atomic mass is 10.0. The molecule has 0 bridgehead atoms. The highest BCUT2D eigenvalue weighted by molar-refractivity contribution is 6.30. The first-order chi connectivity index (χ1) is 13.7. The Kier molecular flexibility index (Phi) is 5.53. The fourth-order valence-corrected chi connectivity index (χ4v) is 3.40. The van der Waals surface area contributed by atoms with Gasteiger partial charge in [-0.2, -0.15) is 0 Å². The molecule has 1 atom stereocenters. The monoisotopic (exact) mass is 397 g/mol. The van der Waals surface area contributed by atoms with Crippen molar-refractivity contribution in [2.75, 3.05) is 6.54 Å². The molecule has 1 aliphatic rings. The topological polar surface area (TPSA) is 81.4 Å². The zero-order chi connectivity index (χ0) is 19.3. The first kappa shape index (κ1) is 18.4. The molecule has 0 unspecified atom stereocenters. The number of aromatic nitrogens is 3. The van der Waals surface area contributed by atoms with Crippen LogP contribution in [0.4, 0.5) is 0 Å². The number of amides is 1. The largest absolute Gasteiger partial charge is 0.382 e. The molecule has 0 radical (unpaired) electrons. The Morgan fingerprint density at radius 2 is 2.14 bits per heavy atom. The number of nitrogens with one attached hydrogen (secondary N) is 1. The third-order valence-electron chi connectivity index (χ3n) is 4.59. The van der Waals surface area contributed by atoms with Crippen LogP contribution in [0.3, 0.4) is 0 Å². The number of carbonyl (C=O) groups excluding carboxylic acids is 1. The van der Waals surface area contributed by atoms with E-state index >= 15 is 0 Å². The van der Waals surface area contributed by atoms with Gasteiger partial charge in [-0.3, -0.25) is 4.79 Å². The van der Waals surface area contributed by atoms with Gasteiger partial charge in [-0.1, -0.05) is 46.2 Å². The van der Waals surface area contributed by atoms with Gasteiger partial charge < -0.3 is 10.2 Å². The number of hydrogen-bond acceptors (Lipinski definition) is 5. The highest BCUT2D eigenvalue weighted by atomic mass is 35.5. The summed E-state index contributed by atoms with van der Waals surface area (Å²) in [5, 5.41) is 15.9. The number of benzene rings is 2. The molecule has 1 aromatic heterocycles. The van der Waals surface area contributed by atoms with Gasteiger partial charge in [0, 0.05) is 31.0 Å². The lowest BCUT2D eigenvalue weighted by molar-refractivity contribution is -0.131. The summed E-state index contributed by atoms with van der Waals surface area (Å²) >= 11 is 6.00. The molecule has 0 saturated heterocycles. The van der Waals surface area contributed by atoms with Crippen LogP contribution >= 0.6 is 11.6 Å². The number of carbonyl (C=O) groups is 1. The second-order valence-corrected chi connectivity index (χ2v) is 7.14. The van der Waals surface area contributed by atoms with Gasteiger partial charge in [0.15, 0.2) is 0 Å². The van der Waals surface area contributed by atoms with Crippen molar-refractivity contribution in [2.45, 2.75) is 31.9 Å². The van der Waals surface area contributed by atoms with E-state index in [2.05, 4.69) is 20.8 Å². The molecule has 0 spiro atoms. The summed E-state index contributed by atoms with van der Waals surface area (Å²) in [6.07, 6.45) is 1.30. The van der Waals surface area contributed by atoms with Gasteiger partial charge in [-0.05, 0) is 36.2 Å². The zero-order valence-corrected chi connectivity index (χ0v) is 16.0. The molecule has 1 aliphatic heterocycles. The molecule has 28 heavy (non-hydrogen) atoms. The van der Waals surface area contributed by atoms with Crippen molar-refractivity contribution in [2.24, 2.45) is 5.16 Å². The number of rotatable bonds is 7. The van der Waals surface area contributed by atoms with Crippen LogP contribution in [0.5, 0.6) is 0 Å². The molecular formula is C20H20ClN5O2. The second-order valence-electron chi connectivity index (χ2n) is 6.71. The first-order valence-corrected chi connectivity index (χ1v) is 9.59.